The lowest BCUT2D eigenvalue weighted by molar-refractivity contribution is 0.650. The summed E-state index contributed by atoms with van der Waals surface area (Å²) in [6.07, 6.45) is 1.72. The maximum atomic E-state index is 5.66. The molecular formula is C9H12N4S. The molecule has 0 bridgehead atoms. The van der Waals surface area contributed by atoms with Gasteiger partial charge in [-0.2, -0.15) is 16.4 Å². The van der Waals surface area contributed by atoms with Crippen LogP contribution in [0.2, 0.25) is 0 Å². The molecule has 2 heterocycles. The first kappa shape index (κ1) is 9.36. The maximum Gasteiger partial charge on any atom is 0.166 e. The van der Waals surface area contributed by atoms with Crippen LogP contribution >= 0.6 is 11.3 Å². The molecule has 14 heavy (non-hydrogen) atoms. The standard InChI is InChI=1S/C9H12N4S/c1-7(10)9-11-6-13(12-9)4-8-2-3-14-5-8/h2-3,5-7H,4,10H2,1H3. The Labute approximate surface area is 86.4 Å². The molecule has 0 saturated carbocycles. The van der Waals surface area contributed by atoms with Crippen LogP contribution in [-0.2, 0) is 6.54 Å². The Kier molecular flexibility index (Phi) is 2.60. The predicted octanol–water partition coefficient (Wildman–Crippen LogP) is 1.41. The Bertz CT molecular complexity index is 391. The van der Waals surface area contributed by atoms with Crippen molar-refractivity contribution in [3.63, 3.8) is 0 Å². The van der Waals surface area contributed by atoms with Crippen LogP contribution in [0.15, 0.2) is 23.2 Å². The third-order valence-electron chi connectivity index (χ3n) is 1.89. The molecule has 4 nitrogen and oxygen atoms in total. The molecule has 0 spiro atoms. The van der Waals surface area contributed by atoms with Crippen molar-refractivity contribution in [3.8, 4) is 0 Å². The van der Waals surface area contributed by atoms with Crippen LogP contribution in [0.1, 0.15) is 24.4 Å². The van der Waals surface area contributed by atoms with Gasteiger partial charge >= 0.3 is 0 Å². The van der Waals surface area contributed by atoms with E-state index in [0.29, 0.717) is 5.82 Å². The van der Waals surface area contributed by atoms with Gasteiger partial charge in [-0.3, -0.25) is 0 Å². The highest BCUT2D eigenvalue weighted by molar-refractivity contribution is 7.07. The molecule has 0 radical (unpaired) electrons. The van der Waals surface area contributed by atoms with Gasteiger partial charge in [-0.15, -0.1) is 0 Å². The van der Waals surface area contributed by atoms with Gasteiger partial charge in [-0.25, -0.2) is 9.67 Å². The normalized spacial score (nSPS) is 13.0. The van der Waals surface area contributed by atoms with Crippen molar-refractivity contribution in [3.05, 3.63) is 34.5 Å². The molecule has 74 valence electrons. The third-order valence-corrected chi connectivity index (χ3v) is 2.62. The number of hydrogen-bond donors (Lipinski definition) is 1. The molecule has 0 aliphatic heterocycles. The van der Waals surface area contributed by atoms with Gasteiger partial charge in [0.25, 0.3) is 0 Å². The quantitative estimate of drug-likeness (QED) is 0.829. The summed E-state index contributed by atoms with van der Waals surface area (Å²) in [6, 6.07) is 1.98. The van der Waals surface area contributed by atoms with Crippen molar-refractivity contribution < 1.29 is 0 Å². The number of thiophene rings is 1. The largest absolute Gasteiger partial charge is 0.321 e. The van der Waals surface area contributed by atoms with E-state index in [1.807, 2.05) is 6.92 Å². The SMILES string of the molecule is CC(N)c1ncn(Cc2ccsc2)n1. The van der Waals surface area contributed by atoms with Crippen molar-refractivity contribution >= 4 is 11.3 Å². The van der Waals surface area contributed by atoms with Crippen molar-refractivity contribution in [2.45, 2.75) is 19.5 Å². The molecule has 0 saturated heterocycles. The van der Waals surface area contributed by atoms with E-state index in [4.69, 9.17) is 5.73 Å². The molecule has 2 aromatic rings. The van der Waals surface area contributed by atoms with Gasteiger partial charge in [0, 0.05) is 0 Å². The van der Waals surface area contributed by atoms with E-state index < -0.39 is 0 Å². The van der Waals surface area contributed by atoms with Gasteiger partial charge < -0.3 is 5.73 Å². The molecular weight excluding hydrogens is 196 g/mol. The van der Waals surface area contributed by atoms with Gasteiger partial charge in [0.2, 0.25) is 0 Å². The first-order valence-electron chi connectivity index (χ1n) is 4.41. The summed E-state index contributed by atoms with van der Waals surface area (Å²) in [5, 5.41) is 8.43. The second-order valence-corrected chi connectivity index (χ2v) is 4.00. The average molecular weight is 208 g/mol. The van der Waals surface area contributed by atoms with E-state index in [1.54, 1.807) is 22.3 Å². The lowest BCUT2D eigenvalue weighted by Gasteiger charge is -1.98. The number of hydrogen-bond acceptors (Lipinski definition) is 4. The lowest BCUT2D eigenvalue weighted by atomic mass is 10.3. The van der Waals surface area contributed by atoms with Crippen LogP contribution in [0.25, 0.3) is 0 Å². The molecule has 0 fully saturated rings. The minimum atomic E-state index is -0.0984. The summed E-state index contributed by atoms with van der Waals surface area (Å²) in [4.78, 5) is 4.13. The summed E-state index contributed by atoms with van der Waals surface area (Å²) in [7, 11) is 0. The second kappa shape index (κ2) is 3.89. The Morgan fingerprint density at radius 1 is 1.64 bits per heavy atom. The average Bonchev–Trinajstić information content (AvgIpc) is 2.75. The minimum absolute atomic E-state index is 0.0984. The summed E-state index contributed by atoms with van der Waals surface area (Å²) < 4.78 is 1.81. The monoisotopic (exact) mass is 208 g/mol. The van der Waals surface area contributed by atoms with E-state index in [1.165, 1.54) is 5.56 Å². The lowest BCUT2D eigenvalue weighted by Crippen LogP contribution is -2.08. The number of nitrogens with zero attached hydrogens (tertiary/aromatic N) is 3. The topological polar surface area (TPSA) is 56.7 Å². The first-order chi connectivity index (χ1) is 6.75. The highest BCUT2D eigenvalue weighted by Gasteiger charge is 2.05. The molecule has 2 N–H and O–H groups in total. The zero-order chi connectivity index (χ0) is 9.97. The fraction of sp³-hybridized carbons (Fsp3) is 0.333. The summed E-state index contributed by atoms with van der Waals surface area (Å²) in [6.45, 7) is 2.65. The second-order valence-electron chi connectivity index (χ2n) is 3.22. The van der Waals surface area contributed by atoms with Gasteiger partial charge in [0.15, 0.2) is 5.82 Å². The Morgan fingerprint density at radius 2 is 2.50 bits per heavy atom. The number of nitrogens with two attached hydrogens (primary N) is 1. The molecule has 2 aromatic heterocycles. The molecule has 2 rings (SSSR count). The van der Waals surface area contributed by atoms with Gasteiger partial charge in [-0.1, -0.05) is 0 Å². The summed E-state index contributed by atoms with van der Waals surface area (Å²) in [5.74, 6) is 0.695. The van der Waals surface area contributed by atoms with E-state index in [9.17, 15) is 0 Å². The summed E-state index contributed by atoms with van der Waals surface area (Å²) >= 11 is 1.69. The molecule has 5 heteroatoms. The Morgan fingerprint density at radius 3 is 3.07 bits per heavy atom. The molecule has 1 unspecified atom stereocenters. The van der Waals surface area contributed by atoms with E-state index in [0.717, 1.165) is 6.54 Å². The highest BCUT2D eigenvalue weighted by Crippen LogP contribution is 2.08. The molecule has 0 aliphatic rings. The number of rotatable bonds is 3. The van der Waals surface area contributed by atoms with Gasteiger partial charge in [0.05, 0.1) is 12.6 Å². The van der Waals surface area contributed by atoms with E-state index in [2.05, 4.69) is 26.9 Å². The molecule has 0 amide bonds. The van der Waals surface area contributed by atoms with Gasteiger partial charge in [-0.05, 0) is 29.3 Å². The summed E-state index contributed by atoms with van der Waals surface area (Å²) in [5.41, 5.74) is 6.91. The third kappa shape index (κ3) is 2.00. The molecule has 1 atom stereocenters. The zero-order valence-electron chi connectivity index (χ0n) is 7.92. The van der Waals surface area contributed by atoms with E-state index >= 15 is 0 Å². The fourth-order valence-electron chi connectivity index (χ4n) is 1.16. The van der Waals surface area contributed by atoms with Crippen molar-refractivity contribution in [2.24, 2.45) is 5.73 Å². The van der Waals surface area contributed by atoms with Crippen LogP contribution in [0, 0.1) is 0 Å². The molecule has 0 aromatic carbocycles. The van der Waals surface area contributed by atoms with Crippen LogP contribution in [-0.4, -0.2) is 14.8 Å². The zero-order valence-corrected chi connectivity index (χ0v) is 8.74. The first-order valence-corrected chi connectivity index (χ1v) is 5.36. The van der Waals surface area contributed by atoms with Crippen molar-refractivity contribution in [1.82, 2.24) is 14.8 Å². The van der Waals surface area contributed by atoms with E-state index in [-0.39, 0.29) is 6.04 Å². The van der Waals surface area contributed by atoms with Crippen molar-refractivity contribution in [1.29, 1.82) is 0 Å². The van der Waals surface area contributed by atoms with Crippen molar-refractivity contribution in [2.75, 3.05) is 0 Å². The minimum Gasteiger partial charge on any atom is -0.321 e. The van der Waals surface area contributed by atoms with Crippen LogP contribution in [0.5, 0.6) is 0 Å². The van der Waals surface area contributed by atoms with Crippen LogP contribution in [0.3, 0.4) is 0 Å². The van der Waals surface area contributed by atoms with Gasteiger partial charge in [0.1, 0.15) is 6.33 Å². The number of aromatic nitrogens is 3. The Balaban J connectivity index is 2.11. The fourth-order valence-corrected chi connectivity index (χ4v) is 1.82. The highest BCUT2D eigenvalue weighted by atomic mass is 32.1. The van der Waals surface area contributed by atoms with Crippen LogP contribution in [0.4, 0.5) is 0 Å². The predicted molar refractivity (Wildman–Crippen MR) is 56.0 cm³/mol. The smallest absolute Gasteiger partial charge is 0.166 e. The molecule has 0 aliphatic carbocycles. The van der Waals surface area contributed by atoms with Crippen LogP contribution < -0.4 is 5.73 Å². The maximum absolute atomic E-state index is 5.66. The Hall–Kier alpha value is -1.20.